The zero-order chi connectivity index (χ0) is 4.12. The summed E-state index contributed by atoms with van der Waals surface area (Å²) in [5, 5.41) is 2.98. The summed E-state index contributed by atoms with van der Waals surface area (Å²) in [5.74, 6) is 1.06. The van der Waals surface area contributed by atoms with Gasteiger partial charge in [-0.25, -0.2) is 0 Å². The average Bonchev–Trinajstić information content (AvgIpc) is 1.41. The molecule has 0 fully saturated rings. The molecule has 32 valence electrons. The van der Waals surface area contributed by atoms with E-state index in [4.69, 9.17) is 0 Å². The third-order valence-electron chi connectivity index (χ3n) is 0.289. The van der Waals surface area contributed by atoms with Gasteiger partial charge in [0.05, 0.1) is 0 Å². The van der Waals surface area contributed by atoms with Gasteiger partial charge >= 0.3 is 0 Å². The largest absolute Gasteiger partial charge is 0.311 e. The Hall–Kier alpha value is 0.310. The molecule has 0 aromatic heterocycles. The van der Waals surface area contributed by atoms with Crippen molar-refractivity contribution in [1.29, 1.82) is 0 Å². The summed E-state index contributed by atoms with van der Waals surface area (Å²) in [6.07, 6.45) is 2.07. The SMILES string of the molecule is CNCSC. The Bertz CT molecular complexity index is 14.4. The van der Waals surface area contributed by atoms with Gasteiger partial charge < -0.3 is 5.32 Å². The number of hydrogen-bond donors (Lipinski definition) is 1. The van der Waals surface area contributed by atoms with Gasteiger partial charge in [-0.1, -0.05) is 0 Å². The number of nitrogens with one attached hydrogen (secondary N) is 1. The second kappa shape index (κ2) is 4.31. The minimum absolute atomic E-state index is 1.06. The van der Waals surface area contributed by atoms with Crippen LogP contribution < -0.4 is 5.32 Å². The first-order valence-electron chi connectivity index (χ1n) is 1.55. The third-order valence-corrected chi connectivity index (χ3v) is 0.866. The summed E-state index contributed by atoms with van der Waals surface area (Å²) in [6, 6.07) is 0. The molecule has 5 heavy (non-hydrogen) atoms. The first-order chi connectivity index (χ1) is 2.41. The summed E-state index contributed by atoms with van der Waals surface area (Å²) >= 11 is 1.79. The minimum atomic E-state index is 1.06. The van der Waals surface area contributed by atoms with E-state index in [9.17, 15) is 0 Å². The summed E-state index contributed by atoms with van der Waals surface area (Å²) in [5.41, 5.74) is 0. The van der Waals surface area contributed by atoms with Gasteiger partial charge in [0, 0.05) is 5.88 Å². The Labute approximate surface area is 37.1 Å². The number of hydrogen-bond acceptors (Lipinski definition) is 2. The quantitative estimate of drug-likeness (QED) is 0.497. The fourth-order valence-corrected chi connectivity index (χ4v) is 0.433. The molecule has 0 amide bonds. The van der Waals surface area contributed by atoms with E-state index >= 15 is 0 Å². The Balaban J connectivity index is 2.19. The van der Waals surface area contributed by atoms with Crippen LogP contribution in [0, 0.1) is 0 Å². The summed E-state index contributed by atoms with van der Waals surface area (Å²) in [7, 11) is 1.94. The number of rotatable bonds is 2. The van der Waals surface area contributed by atoms with Crippen molar-refractivity contribution in [1.82, 2.24) is 5.32 Å². The molecule has 0 bridgehead atoms. The lowest BCUT2D eigenvalue weighted by Crippen LogP contribution is -2.01. The second-order valence-electron chi connectivity index (χ2n) is 0.787. The van der Waals surface area contributed by atoms with E-state index in [0.717, 1.165) is 5.88 Å². The molecule has 0 radical (unpaired) electrons. The molecule has 0 aliphatic carbocycles. The zero-order valence-electron chi connectivity index (χ0n) is 3.62. The van der Waals surface area contributed by atoms with Crippen molar-refractivity contribution in [3.05, 3.63) is 0 Å². The lowest BCUT2D eigenvalue weighted by atomic mass is 11.3. The molecule has 0 aliphatic rings. The van der Waals surface area contributed by atoms with Gasteiger partial charge in [-0.05, 0) is 13.3 Å². The molecular formula is C3H9NS. The van der Waals surface area contributed by atoms with E-state index in [1.165, 1.54) is 0 Å². The van der Waals surface area contributed by atoms with Crippen LogP contribution in [-0.4, -0.2) is 19.2 Å². The van der Waals surface area contributed by atoms with Crippen molar-refractivity contribution in [3.8, 4) is 0 Å². The fourth-order valence-electron chi connectivity index (χ4n) is 0.144. The minimum Gasteiger partial charge on any atom is -0.311 e. The molecule has 2 heteroatoms. The average molecular weight is 91.2 g/mol. The zero-order valence-corrected chi connectivity index (χ0v) is 4.43. The molecular weight excluding hydrogens is 82.1 g/mol. The van der Waals surface area contributed by atoms with E-state index in [1.807, 2.05) is 7.05 Å². The van der Waals surface area contributed by atoms with E-state index < -0.39 is 0 Å². The summed E-state index contributed by atoms with van der Waals surface area (Å²) in [4.78, 5) is 0. The van der Waals surface area contributed by atoms with Crippen molar-refractivity contribution in [2.75, 3.05) is 19.2 Å². The third kappa shape index (κ3) is 4.31. The van der Waals surface area contributed by atoms with Crippen molar-refractivity contribution in [3.63, 3.8) is 0 Å². The lowest BCUT2D eigenvalue weighted by molar-refractivity contribution is 0.985. The van der Waals surface area contributed by atoms with Crippen LogP contribution in [0.25, 0.3) is 0 Å². The van der Waals surface area contributed by atoms with Crippen LogP contribution in [0.1, 0.15) is 0 Å². The van der Waals surface area contributed by atoms with Crippen LogP contribution in [0.15, 0.2) is 0 Å². The molecule has 0 rings (SSSR count). The highest BCUT2D eigenvalue weighted by atomic mass is 32.2. The van der Waals surface area contributed by atoms with Gasteiger partial charge in [0.1, 0.15) is 0 Å². The molecule has 0 atom stereocenters. The molecule has 1 nitrogen and oxygen atoms in total. The van der Waals surface area contributed by atoms with Crippen molar-refractivity contribution in [2.45, 2.75) is 0 Å². The first-order valence-corrected chi connectivity index (χ1v) is 2.94. The Morgan fingerprint density at radius 2 is 2.40 bits per heavy atom. The van der Waals surface area contributed by atoms with E-state index in [2.05, 4.69) is 11.6 Å². The monoisotopic (exact) mass is 91.0 g/mol. The van der Waals surface area contributed by atoms with Crippen LogP contribution in [0.2, 0.25) is 0 Å². The smallest absolute Gasteiger partial charge is 0.0412 e. The molecule has 0 unspecified atom stereocenters. The maximum Gasteiger partial charge on any atom is 0.0412 e. The van der Waals surface area contributed by atoms with Gasteiger partial charge in [-0.2, -0.15) is 0 Å². The predicted molar refractivity (Wildman–Crippen MR) is 27.4 cm³/mol. The van der Waals surface area contributed by atoms with E-state index in [0.29, 0.717) is 0 Å². The van der Waals surface area contributed by atoms with Crippen molar-refractivity contribution in [2.24, 2.45) is 0 Å². The van der Waals surface area contributed by atoms with Gasteiger partial charge in [-0.15, -0.1) is 11.8 Å². The molecule has 0 aliphatic heterocycles. The van der Waals surface area contributed by atoms with Crippen LogP contribution in [-0.2, 0) is 0 Å². The Morgan fingerprint density at radius 3 is 2.40 bits per heavy atom. The predicted octanol–water partition coefficient (Wildman–Crippen LogP) is 0.526. The normalized spacial score (nSPS) is 8.40. The highest BCUT2D eigenvalue weighted by molar-refractivity contribution is 7.98. The molecule has 0 aromatic rings. The van der Waals surface area contributed by atoms with Gasteiger partial charge in [-0.3, -0.25) is 0 Å². The van der Waals surface area contributed by atoms with Gasteiger partial charge in [0.15, 0.2) is 0 Å². The number of thioether (sulfide) groups is 1. The molecule has 0 heterocycles. The molecule has 0 saturated heterocycles. The molecule has 0 saturated carbocycles. The maximum absolute atomic E-state index is 2.98. The fraction of sp³-hybridized carbons (Fsp3) is 1.00. The van der Waals surface area contributed by atoms with Crippen LogP contribution >= 0.6 is 11.8 Å². The van der Waals surface area contributed by atoms with E-state index in [-0.39, 0.29) is 0 Å². The van der Waals surface area contributed by atoms with Crippen molar-refractivity contribution < 1.29 is 0 Å². The second-order valence-corrected chi connectivity index (χ2v) is 1.65. The van der Waals surface area contributed by atoms with Crippen LogP contribution in [0.4, 0.5) is 0 Å². The van der Waals surface area contributed by atoms with Crippen LogP contribution in [0.3, 0.4) is 0 Å². The van der Waals surface area contributed by atoms with E-state index in [1.54, 1.807) is 11.8 Å². The topological polar surface area (TPSA) is 12.0 Å². The lowest BCUT2D eigenvalue weighted by Gasteiger charge is -1.84. The first kappa shape index (κ1) is 5.31. The summed E-state index contributed by atoms with van der Waals surface area (Å²) < 4.78 is 0. The molecule has 0 spiro atoms. The molecule has 0 aromatic carbocycles. The summed E-state index contributed by atoms with van der Waals surface area (Å²) in [6.45, 7) is 0. The molecule has 1 N–H and O–H groups in total. The maximum atomic E-state index is 2.98. The van der Waals surface area contributed by atoms with Crippen LogP contribution in [0.5, 0.6) is 0 Å². The highest BCUT2D eigenvalue weighted by Gasteiger charge is 1.64. The highest BCUT2D eigenvalue weighted by Crippen LogP contribution is 1.81. The van der Waals surface area contributed by atoms with Crippen molar-refractivity contribution >= 4 is 11.8 Å². The van der Waals surface area contributed by atoms with Gasteiger partial charge in [0.2, 0.25) is 0 Å². The Kier molecular flexibility index (Phi) is 4.58. The van der Waals surface area contributed by atoms with Gasteiger partial charge in [0.25, 0.3) is 0 Å². The Morgan fingerprint density at radius 1 is 1.80 bits per heavy atom. The standard InChI is InChI=1S/C3H9NS/c1-4-3-5-2/h4H,3H2,1-2H3.